The number of benzene rings is 2. The van der Waals surface area contributed by atoms with Crippen LogP contribution in [-0.4, -0.2) is 24.5 Å². The Balaban J connectivity index is 2.02. The van der Waals surface area contributed by atoms with Crippen LogP contribution in [-0.2, 0) is 21.2 Å². The van der Waals surface area contributed by atoms with Crippen molar-refractivity contribution in [2.75, 3.05) is 4.72 Å². The molecule has 25 heavy (non-hydrogen) atoms. The largest absolute Gasteiger partial charge is 0.481 e. The lowest BCUT2D eigenvalue weighted by Crippen LogP contribution is -2.12. The SMILES string of the molecule is O=C(O)Cc1nc(-c2ccccc2)c(NS(=O)(=O)c2ccccc2)o1. The van der Waals surface area contributed by atoms with Crippen LogP contribution in [0.2, 0.25) is 0 Å². The lowest BCUT2D eigenvalue weighted by atomic mass is 10.2. The first-order chi connectivity index (χ1) is 12.0. The summed E-state index contributed by atoms with van der Waals surface area (Å²) in [5, 5.41) is 8.91. The molecule has 7 nitrogen and oxygen atoms in total. The highest BCUT2D eigenvalue weighted by molar-refractivity contribution is 7.92. The molecule has 0 saturated carbocycles. The predicted octanol–water partition coefficient (Wildman–Crippen LogP) is 2.77. The summed E-state index contributed by atoms with van der Waals surface area (Å²) in [5.41, 5.74) is 0.838. The highest BCUT2D eigenvalue weighted by Crippen LogP contribution is 2.30. The lowest BCUT2D eigenvalue weighted by molar-refractivity contribution is -0.136. The van der Waals surface area contributed by atoms with Gasteiger partial charge in [-0.15, -0.1) is 0 Å². The van der Waals surface area contributed by atoms with Crippen molar-refractivity contribution in [2.24, 2.45) is 0 Å². The van der Waals surface area contributed by atoms with E-state index in [4.69, 9.17) is 9.52 Å². The van der Waals surface area contributed by atoms with Gasteiger partial charge in [-0.25, -0.2) is 18.1 Å². The van der Waals surface area contributed by atoms with Crippen LogP contribution in [0.4, 0.5) is 5.88 Å². The second-order valence-electron chi connectivity index (χ2n) is 5.14. The number of carboxylic acids is 1. The monoisotopic (exact) mass is 358 g/mol. The Bertz CT molecular complexity index is 982. The fourth-order valence-electron chi connectivity index (χ4n) is 2.21. The molecule has 0 spiro atoms. The first-order valence-electron chi connectivity index (χ1n) is 7.30. The first-order valence-corrected chi connectivity index (χ1v) is 8.79. The summed E-state index contributed by atoms with van der Waals surface area (Å²) in [7, 11) is -3.89. The Morgan fingerprint density at radius 1 is 1.04 bits per heavy atom. The number of oxazole rings is 1. The van der Waals surface area contributed by atoms with Gasteiger partial charge in [0, 0.05) is 5.56 Å². The van der Waals surface area contributed by atoms with Crippen molar-refractivity contribution < 1.29 is 22.7 Å². The van der Waals surface area contributed by atoms with Crippen LogP contribution in [0, 0.1) is 0 Å². The van der Waals surface area contributed by atoms with Crippen LogP contribution in [0.3, 0.4) is 0 Å². The molecule has 0 aliphatic rings. The lowest BCUT2D eigenvalue weighted by Gasteiger charge is -2.06. The Hall–Kier alpha value is -3.13. The molecule has 0 radical (unpaired) electrons. The molecule has 0 bridgehead atoms. The van der Waals surface area contributed by atoms with Gasteiger partial charge < -0.3 is 9.52 Å². The van der Waals surface area contributed by atoms with Gasteiger partial charge in [-0.05, 0) is 12.1 Å². The van der Waals surface area contributed by atoms with Crippen molar-refractivity contribution in [2.45, 2.75) is 11.3 Å². The van der Waals surface area contributed by atoms with Gasteiger partial charge in [0.2, 0.25) is 11.8 Å². The topological polar surface area (TPSA) is 109 Å². The molecule has 2 aromatic carbocycles. The predicted molar refractivity (Wildman–Crippen MR) is 90.5 cm³/mol. The summed E-state index contributed by atoms with van der Waals surface area (Å²) >= 11 is 0. The minimum Gasteiger partial charge on any atom is -0.481 e. The molecule has 3 rings (SSSR count). The van der Waals surface area contributed by atoms with E-state index in [0.29, 0.717) is 5.56 Å². The standard InChI is InChI=1S/C17H14N2O5S/c20-15(21)11-14-18-16(12-7-3-1-4-8-12)17(24-14)19-25(22,23)13-9-5-2-6-10-13/h1-10,19H,11H2,(H,20,21). The summed E-state index contributed by atoms with van der Waals surface area (Å²) < 4.78 is 32.7. The van der Waals surface area contributed by atoms with E-state index in [1.807, 2.05) is 0 Å². The van der Waals surface area contributed by atoms with Gasteiger partial charge in [-0.3, -0.25) is 4.79 Å². The average molecular weight is 358 g/mol. The molecule has 128 valence electrons. The minimum absolute atomic E-state index is 0.0604. The number of carboxylic acid groups (broad SMARTS) is 1. The summed E-state index contributed by atoms with van der Waals surface area (Å²) in [5.74, 6) is -1.33. The van der Waals surface area contributed by atoms with Gasteiger partial charge in [-0.1, -0.05) is 48.5 Å². The van der Waals surface area contributed by atoms with E-state index < -0.39 is 22.4 Å². The van der Waals surface area contributed by atoms with Crippen molar-refractivity contribution in [3.63, 3.8) is 0 Å². The second-order valence-corrected chi connectivity index (χ2v) is 6.82. The average Bonchev–Trinajstić information content (AvgIpc) is 2.97. The smallest absolute Gasteiger partial charge is 0.312 e. The Morgan fingerprint density at radius 2 is 1.64 bits per heavy atom. The molecule has 0 unspecified atom stereocenters. The first kappa shape index (κ1) is 16.7. The van der Waals surface area contributed by atoms with Crippen LogP contribution in [0.5, 0.6) is 0 Å². The van der Waals surface area contributed by atoms with Gasteiger partial charge >= 0.3 is 5.97 Å². The van der Waals surface area contributed by atoms with Crippen LogP contribution < -0.4 is 4.72 Å². The van der Waals surface area contributed by atoms with Crippen molar-refractivity contribution in [1.82, 2.24) is 4.98 Å². The van der Waals surface area contributed by atoms with Crippen LogP contribution in [0.25, 0.3) is 11.3 Å². The number of rotatable bonds is 6. The third kappa shape index (κ3) is 3.86. The zero-order valence-corrected chi connectivity index (χ0v) is 13.7. The molecule has 0 amide bonds. The maximum absolute atomic E-state index is 12.5. The zero-order valence-electron chi connectivity index (χ0n) is 12.9. The highest BCUT2D eigenvalue weighted by Gasteiger charge is 2.22. The molecule has 0 aliphatic carbocycles. The van der Waals surface area contributed by atoms with Crippen molar-refractivity contribution in [3.05, 3.63) is 66.6 Å². The molecule has 1 aromatic heterocycles. The molecule has 0 atom stereocenters. The van der Waals surface area contributed by atoms with Gasteiger partial charge in [-0.2, -0.15) is 0 Å². The third-order valence-electron chi connectivity index (χ3n) is 3.30. The van der Waals surface area contributed by atoms with E-state index in [9.17, 15) is 13.2 Å². The fourth-order valence-corrected chi connectivity index (χ4v) is 3.23. The van der Waals surface area contributed by atoms with Crippen LogP contribution in [0.15, 0.2) is 70.0 Å². The Labute approximate surface area is 144 Å². The molecule has 3 aromatic rings. The van der Waals surface area contributed by atoms with Crippen LogP contribution >= 0.6 is 0 Å². The number of aromatic nitrogens is 1. The van der Waals surface area contributed by atoms with E-state index in [1.165, 1.54) is 12.1 Å². The van der Waals surface area contributed by atoms with Crippen molar-refractivity contribution in [1.29, 1.82) is 0 Å². The highest BCUT2D eigenvalue weighted by atomic mass is 32.2. The molecule has 2 N–H and O–H groups in total. The number of nitrogens with zero attached hydrogens (tertiary/aromatic N) is 1. The van der Waals surface area contributed by atoms with E-state index in [-0.39, 0.29) is 22.4 Å². The normalized spacial score (nSPS) is 11.2. The number of sulfonamides is 1. The Kier molecular flexibility index (Phi) is 4.53. The van der Waals surface area contributed by atoms with Gasteiger partial charge in [0.25, 0.3) is 10.0 Å². The molecule has 0 aliphatic heterocycles. The second kappa shape index (κ2) is 6.78. The van der Waals surface area contributed by atoms with Crippen LogP contribution in [0.1, 0.15) is 5.89 Å². The number of aliphatic carboxylic acids is 1. The molecular formula is C17H14N2O5S. The number of anilines is 1. The molecule has 0 saturated heterocycles. The van der Waals surface area contributed by atoms with Gasteiger partial charge in [0.15, 0.2) is 0 Å². The number of carbonyl (C=O) groups is 1. The van der Waals surface area contributed by atoms with E-state index in [1.54, 1.807) is 48.5 Å². The molecule has 1 heterocycles. The zero-order chi connectivity index (χ0) is 17.9. The fraction of sp³-hybridized carbons (Fsp3) is 0.0588. The number of hydrogen-bond donors (Lipinski definition) is 2. The summed E-state index contributed by atoms with van der Waals surface area (Å²) in [6.07, 6.45) is -0.451. The minimum atomic E-state index is -3.89. The molecular weight excluding hydrogens is 344 g/mol. The summed E-state index contributed by atoms with van der Waals surface area (Å²) in [6.45, 7) is 0. The van der Waals surface area contributed by atoms with E-state index in [2.05, 4.69) is 9.71 Å². The van der Waals surface area contributed by atoms with Gasteiger partial charge in [0.1, 0.15) is 12.1 Å². The van der Waals surface area contributed by atoms with E-state index in [0.717, 1.165) is 0 Å². The number of hydrogen-bond acceptors (Lipinski definition) is 5. The summed E-state index contributed by atoms with van der Waals surface area (Å²) in [4.78, 5) is 15.1. The van der Waals surface area contributed by atoms with Gasteiger partial charge in [0.05, 0.1) is 4.90 Å². The van der Waals surface area contributed by atoms with Crippen molar-refractivity contribution in [3.8, 4) is 11.3 Å². The van der Waals surface area contributed by atoms with Crippen molar-refractivity contribution >= 4 is 21.9 Å². The molecule has 0 fully saturated rings. The number of nitrogens with one attached hydrogen (secondary N) is 1. The Morgan fingerprint density at radius 3 is 2.24 bits per heavy atom. The molecule has 8 heteroatoms. The van der Waals surface area contributed by atoms with E-state index >= 15 is 0 Å². The maximum atomic E-state index is 12.5. The third-order valence-corrected chi connectivity index (χ3v) is 4.65. The maximum Gasteiger partial charge on any atom is 0.312 e. The summed E-state index contributed by atoms with van der Waals surface area (Å²) in [6, 6.07) is 16.6. The quantitative estimate of drug-likeness (QED) is 0.701.